The van der Waals surface area contributed by atoms with Crippen molar-refractivity contribution in [3.8, 4) is 0 Å². The first-order valence-electron chi connectivity index (χ1n) is 6.98. The van der Waals surface area contributed by atoms with Crippen molar-refractivity contribution in [1.82, 2.24) is 4.90 Å². The Bertz CT molecular complexity index is 349. The summed E-state index contributed by atoms with van der Waals surface area (Å²) in [7, 11) is 1.79. The van der Waals surface area contributed by atoms with Crippen LogP contribution in [0, 0.1) is 11.3 Å². The van der Waals surface area contributed by atoms with Crippen molar-refractivity contribution in [3.05, 3.63) is 0 Å². The molecule has 2 unspecified atom stereocenters. The van der Waals surface area contributed by atoms with Crippen LogP contribution in [0.4, 0.5) is 0 Å². The highest BCUT2D eigenvalue weighted by molar-refractivity contribution is 6.02. The van der Waals surface area contributed by atoms with Gasteiger partial charge in [-0.3, -0.25) is 9.59 Å². The van der Waals surface area contributed by atoms with Crippen LogP contribution in [0.2, 0.25) is 0 Å². The van der Waals surface area contributed by atoms with E-state index < -0.39 is 11.4 Å². The highest BCUT2D eigenvalue weighted by Crippen LogP contribution is 2.43. The average molecular weight is 253 g/mol. The molecular weight excluding hydrogens is 230 g/mol. The molecule has 102 valence electrons. The van der Waals surface area contributed by atoms with Crippen molar-refractivity contribution < 1.29 is 14.7 Å². The fraction of sp³-hybridized carbons (Fsp3) is 0.857. The molecule has 1 amide bonds. The lowest BCUT2D eigenvalue weighted by molar-refractivity contribution is -0.168. The molecule has 2 aliphatic rings. The van der Waals surface area contributed by atoms with Gasteiger partial charge in [0.2, 0.25) is 5.91 Å². The van der Waals surface area contributed by atoms with Crippen molar-refractivity contribution in [2.24, 2.45) is 11.3 Å². The molecule has 4 nitrogen and oxygen atoms in total. The molecule has 2 rings (SSSR count). The van der Waals surface area contributed by atoms with Crippen LogP contribution < -0.4 is 0 Å². The third-order valence-electron chi connectivity index (χ3n) is 4.80. The summed E-state index contributed by atoms with van der Waals surface area (Å²) in [6, 6.07) is 0.234. The van der Waals surface area contributed by atoms with Gasteiger partial charge in [-0.15, -0.1) is 0 Å². The van der Waals surface area contributed by atoms with E-state index in [-0.39, 0.29) is 11.9 Å². The van der Waals surface area contributed by atoms with Gasteiger partial charge in [0.15, 0.2) is 0 Å². The lowest BCUT2D eigenvalue weighted by atomic mass is 9.67. The van der Waals surface area contributed by atoms with Gasteiger partial charge < -0.3 is 10.0 Å². The summed E-state index contributed by atoms with van der Waals surface area (Å²) in [5, 5.41) is 9.31. The van der Waals surface area contributed by atoms with Crippen LogP contribution in [0.1, 0.15) is 51.9 Å². The van der Waals surface area contributed by atoms with Crippen LogP contribution in [-0.2, 0) is 9.59 Å². The Morgan fingerprint density at radius 3 is 2.33 bits per heavy atom. The van der Waals surface area contributed by atoms with Gasteiger partial charge in [0.05, 0.1) is 0 Å². The predicted molar refractivity (Wildman–Crippen MR) is 68.1 cm³/mol. The maximum Gasteiger partial charge on any atom is 0.319 e. The first-order valence-corrected chi connectivity index (χ1v) is 6.98. The zero-order valence-corrected chi connectivity index (χ0v) is 11.3. The quantitative estimate of drug-likeness (QED) is 0.785. The van der Waals surface area contributed by atoms with Gasteiger partial charge >= 0.3 is 5.97 Å². The van der Waals surface area contributed by atoms with E-state index >= 15 is 0 Å². The highest BCUT2D eigenvalue weighted by Gasteiger charge is 2.53. The van der Waals surface area contributed by atoms with Gasteiger partial charge in [-0.2, -0.15) is 0 Å². The normalized spacial score (nSPS) is 30.3. The number of carboxylic acid groups (broad SMARTS) is 1. The molecule has 0 aromatic heterocycles. The SMILES string of the molecule is CC1CCCC(N(C)C(=O)C2(C(=O)O)CCC2)C1. The van der Waals surface area contributed by atoms with Gasteiger partial charge in [-0.1, -0.05) is 26.2 Å². The second-order valence-electron chi connectivity index (χ2n) is 6.08. The number of hydrogen-bond donors (Lipinski definition) is 1. The summed E-state index contributed by atoms with van der Waals surface area (Å²) in [5.74, 6) is -0.462. The first kappa shape index (κ1) is 13.4. The number of nitrogens with zero attached hydrogens (tertiary/aromatic N) is 1. The third-order valence-corrected chi connectivity index (χ3v) is 4.80. The number of carbonyl (C=O) groups is 2. The summed E-state index contributed by atoms with van der Waals surface area (Å²) in [6.45, 7) is 2.21. The minimum atomic E-state index is -1.10. The lowest BCUT2D eigenvalue weighted by Crippen LogP contribution is -2.54. The maximum atomic E-state index is 12.4. The summed E-state index contributed by atoms with van der Waals surface area (Å²) < 4.78 is 0. The number of carbonyl (C=O) groups excluding carboxylic acids is 1. The number of rotatable bonds is 3. The van der Waals surface area contributed by atoms with Crippen molar-refractivity contribution in [2.45, 2.75) is 57.9 Å². The number of hydrogen-bond acceptors (Lipinski definition) is 2. The summed E-state index contributed by atoms with van der Waals surface area (Å²) in [6.07, 6.45) is 6.26. The largest absolute Gasteiger partial charge is 0.480 e. The van der Waals surface area contributed by atoms with E-state index in [4.69, 9.17) is 0 Å². The average Bonchev–Trinajstić information content (AvgIpc) is 2.25. The summed E-state index contributed by atoms with van der Waals surface area (Å²) in [5.41, 5.74) is -1.10. The van der Waals surface area contributed by atoms with Gasteiger partial charge in [0, 0.05) is 13.1 Å². The Morgan fingerprint density at radius 1 is 1.22 bits per heavy atom. The Hall–Kier alpha value is -1.06. The highest BCUT2D eigenvalue weighted by atomic mass is 16.4. The van der Waals surface area contributed by atoms with Crippen LogP contribution in [0.5, 0.6) is 0 Å². The van der Waals surface area contributed by atoms with Crippen LogP contribution >= 0.6 is 0 Å². The van der Waals surface area contributed by atoms with Crippen LogP contribution in [-0.4, -0.2) is 35.0 Å². The van der Waals surface area contributed by atoms with Gasteiger partial charge in [0.1, 0.15) is 5.41 Å². The molecule has 2 atom stereocenters. The van der Waals surface area contributed by atoms with Crippen molar-refractivity contribution in [3.63, 3.8) is 0 Å². The topological polar surface area (TPSA) is 57.6 Å². The molecule has 2 saturated carbocycles. The number of aliphatic carboxylic acids is 1. The molecule has 0 aromatic carbocycles. The minimum Gasteiger partial charge on any atom is -0.480 e. The molecule has 0 radical (unpaired) electrons. The third kappa shape index (κ3) is 2.13. The fourth-order valence-corrected chi connectivity index (χ4v) is 3.31. The van der Waals surface area contributed by atoms with Crippen LogP contribution in [0.25, 0.3) is 0 Å². The summed E-state index contributed by atoms with van der Waals surface area (Å²) >= 11 is 0. The minimum absolute atomic E-state index is 0.166. The number of carboxylic acids is 1. The molecule has 0 saturated heterocycles. The fourth-order valence-electron chi connectivity index (χ4n) is 3.31. The Balaban J connectivity index is 2.06. The number of amides is 1. The molecule has 0 aromatic rings. The molecular formula is C14H23NO3. The molecule has 0 heterocycles. The molecule has 4 heteroatoms. The first-order chi connectivity index (χ1) is 8.47. The molecule has 2 aliphatic carbocycles. The van der Waals surface area contributed by atoms with Gasteiger partial charge in [-0.05, 0) is 31.6 Å². The monoisotopic (exact) mass is 253 g/mol. The van der Waals surface area contributed by atoms with Gasteiger partial charge in [0.25, 0.3) is 0 Å². The zero-order valence-electron chi connectivity index (χ0n) is 11.3. The molecule has 1 N–H and O–H groups in total. The van der Waals surface area contributed by atoms with E-state index in [9.17, 15) is 14.7 Å². The summed E-state index contributed by atoms with van der Waals surface area (Å²) in [4.78, 5) is 25.5. The molecule has 0 aliphatic heterocycles. The zero-order chi connectivity index (χ0) is 13.3. The smallest absolute Gasteiger partial charge is 0.319 e. The molecule has 0 bridgehead atoms. The molecule has 0 spiro atoms. The lowest BCUT2D eigenvalue weighted by Gasteiger charge is -2.42. The van der Waals surface area contributed by atoms with Crippen LogP contribution in [0.3, 0.4) is 0 Å². The van der Waals surface area contributed by atoms with Crippen molar-refractivity contribution in [2.75, 3.05) is 7.05 Å². The van der Waals surface area contributed by atoms with Crippen molar-refractivity contribution in [1.29, 1.82) is 0 Å². The van der Waals surface area contributed by atoms with Crippen molar-refractivity contribution >= 4 is 11.9 Å². The Kier molecular flexibility index (Phi) is 3.64. The second-order valence-corrected chi connectivity index (χ2v) is 6.08. The van der Waals surface area contributed by atoms with E-state index in [1.807, 2.05) is 0 Å². The standard InChI is InChI=1S/C14H23NO3/c1-10-5-3-6-11(9-10)15(2)12(16)14(13(17)18)7-4-8-14/h10-11H,3-9H2,1-2H3,(H,17,18). The van der Waals surface area contributed by atoms with E-state index in [0.29, 0.717) is 18.8 Å². The molecule has 2 fully saturated rings. The molecule has 18 heavy (non-hydrogen) atoms. The second kappa shape index (κ2) is 4.90. The Labute approximate surface area is 108 Å². The van der Waals surface area contributed by atoms with Gasteiger partial charge in [-0.25, -0.2) is 0 Å². The van der Waals surface area contributed by atoms with Crippen LogP contribution in [0.15, 0.2) is 0 Å². The maximum absolute atomic E-state index is 12.4. The Morgan fingerprint density at radius 2 is 1.89 bits per heavy atom. The van der Waals surface area contributed by atoms with E-state index in [1.54, 1.807) is 11.9 Å². The van der Waals surface area contributed by atoms with E-state index in [2.05, 4.69) is 6.92 Å². The predicted octanol–water partition coefficient (Wildman–Crippen LogP) is 2.28. The van der Waals surface area contributed by atoms with E-state index in [1.165, 1.54) is 6.42 Å². The van der Waals surface area contributed by atoms with E-state index in [0.717, 1.165) is 25.7 Å².